The minimum Gasteiger partial charge on any atom is -0.393 e. The third-order valence-corrected chi connectivity index (χ3v) is 7.18. The topological polar surface area (TPSA) is 172 Å². The van der Waals surface area contributed by atoms with Gasteiger partial charge in [0.05, 0.1) is 23.8 Å². The van der Waals surface area contributed by atoms with E-state index in [9.17, 15) is 35.3 Å². The Morgan fingerprint density at radius 1 is 1.12 bits per heavy atom. The molecule has 1 aliphatic rings. The molecule has 1 fully saturated rings. The second kappa shape index (κ2) is 8.90. The smallest absolute Gasteiger partial charge is 0.271 e. The quantitative estimate of drug-likeness (QED) is 0.277. The third kappa shape index (κ3) is 4.36. The summed E-state index contributed by atoms with van der Waals surface area (Å²) < 4.78 is 11.8. The number of nitrogens with one attached hydrogen (secondary N) is 1. The van der Waals surface area contributed by atoms with Crippen molar-refractivity contribution in [2.75, 3.05) is 18.5 Å². The molecule has 1 aromatic carbocycles. The molecule has 11 nitrogen and oxygen atoms in total. The largest absolute Gasteiger partial charge is 0.393 e. The predicted octanol–water partition coefficient (Wildman–Crippen LogP) is 1.25. The van der Waals surface area contributed by atoms with Crippen LogP contribution in [0.1, 0.15) is 53.5 Å². The van der Waals surface area contributed by atoms with Crippen molar-refractivity contribution in [2.45, 2.75) is 82.6 Å². The van der Waals surface area contributed by atoms with Crippen LogP contribution in [0, 0.1) is 10.1 Å². The van der Waals surface area contributed by atoms with E-state index in [4.69, 9.17) is 9.47 Å². The maximum atomic E-state index is 11.9. The summed E-state index contributed by atoms with van der Waals surface area (Å²) in [5.41, 5.74) is -7.38. The third-order valence-electron chi connectivity index (χ3n) is 7.18. The highest BCUT2D eigenvalue weighted by atomic mass is 16.7. The highest BCUT2D eigenvalue weighted by Gasteiger charge is 2.74. The number of amides is 1. The minimum absolute atomic E-state index is 0.0841. The van der Waals surface area contributed by atoms with Gasteiger partial charge < -0.3 is 35.2 Å². The molecule has 2 unspecified atom stereocenters. The first-order valence-electron chi connectivity index (χ1n) is 10.7. The molecule has 1 aromatic rings. The number of benzene rings is 1. The van der Waals surface area contributed by atoms with Crippen molar-refractivity contribution in [1.29, 1.82) is 0 Å². The van der Waals surface area contributed by atoms with Crippen LogP contribution >= 0.6 is 0 Å². The van der Waals surface area contributed by atoms with Crippen LogP contribution in [-0.2, 0) is 20.7 Å². The van der Waals surface area contributed by atoms with E-state index in [1.165, 1.54) is 52.8 Å². The summed E-state index contributed by atoms with van der Waals surface area (Å²) >= 11 is 0. The zero-order chi connectivity index (χ0) is 25.5. The molecule has 5 atom stereocenters. The number of aliphatic hydroxyl groups excluding tert-OH is 1. The summed E-state index contributed by atoms with van der Waals surface area (Å²) in [5.74, 6) is -2.18. The van der Waals surface area contributed by atoms with E-state index in [1.807, 2.05) is 0 Å². The molecule has 1 amide bonds. The van der Waals surface area contributed by atoms with Gasteiger partial charge in [-0.25, -0.2) is 0 Å². The van der Waals surface area contributed by atoms with Gasteiger partial charge in [-0.05, 0) is 46.6 Å². The Labute approximate surface area is 192 Å². The summed E-state index contributed by atoms with van der Waals surface area (Å²) in [6, 6.07) is 4.05. The number of carbonyl (C=O) groups excluding carboxylic acids is 1. The Bertz CT molecular complexity index is 915. The van der Waals surface area contributed by atoms with Crippen molar-refractivity contribution in [1.82, 2.24) is 0 Å². The van der Waals surface area contributed by atoms with Crippen LogP contribution < -0.4 is 5.32 Å². The molecule has 0 bridgehead atoms. The monoisotopic (exact) mass is 470 g/mol. The van der Waals surface area contributed by atoms with Gasteiger partial charge in [-0.3, -0.25) is 14.9 Å². The van der Waals surface area contributed by atoms with Gasteiger partial charge in [0, 0.05) is 18.6 Å². The van der Waals surface area contributed by atoms with Crippen molar-refractivity contribution in [3.8, 4) is 0 Å². The van der Waals surface area contributed by atoms with Gasteiger partial charge in [-0.2, -0.15) is 0 Å². The molecule has 0 saturated carbocycles. The van der Waals surface area contributed by atoms with Crippen LogP contribution in [0.4, 0.5) is 11.4 Å². The molecule has 33 heavy (non-hydrogen) atoms. The lowest BCUT2D eigenvalue weighted by Crippen LogP contribution is -2.84. The lowest BCUT2D eigenvalue weighted by molar-refractivity contribution is -0.457. The molecule has 11 heteroatoms. The molecule has 0 aliphatic carbocycles. The van der Waals surface area contributed by atoms with Gasteiger partial charge in [0.25, 0.3) is 5.69 Å². The van der Waals surface area contributed by atoms with Crippen molar-refractivity contribution in [2.24, 2.45) is 0 Å². The summed E-state index contributed by atoms with van der Waals surface area (Å²) in [4.78, 5) is 22.4. The number of rotatable bonds is 8. The molecule has 1 heterocycles. The number of nitrogens with zero attached hydrogens (tertiary/aromatic N) is 1. The number of hydrogen-bond acceptors (Lipinski definition) is 9. The summed E-state index contributed by atoms with van der Waals surface area (Å²) in [6.07, 6.45) is 0.350. The fourth-order valence-electron chi connectivity index (χ4n) is 4.02. The van der Waals surface area contributed by atoms with Gasteiger partial charge >= 0.3 is 0 Å². The molecule has 0 radical (unpaired) electrons. The molecule has 1 saturated heterocycles. The zero-order valence-corrected chi connectivity index (χ0v) is 19.8. The number of anilines is 1. The average molecular weight is 471 g/mol. The maximum Gasteiger partial charge on any atom is 0.271 e. The summed E-state index contributed by atoms with van der Waals surface area (Å²) in [7, 11) is 0. The first-order chi connectivity index (χ1) is 15.0. The van der Waals surface area contributed by atoms with Crippen LogP contribution in [0.15, 0.2) is 18.2 Å². The molecule has 0 aromatic heterocycles. The van der Waals surface area contributed by atoms with Crippen LogP contribution in [-0.4, -0.2) is 72.7 Å². The van der Waals surface area contributed by atoms with Crippen LogP contribution in [0.25, 0.3) is 0 Å². The van der Waals surface area contributed by atoms with Gasteiger partial charge in [-0.1, -0.05) is 13.0 Å². The minimum atomic E-state index is -2.15. The van der Waals surface area contributed by atoms with E-state index in [0.717, 1.165) is 0 Å². The molecule has 1 aliphatic heterocycles. The Morgan fingerprint density at radius 2 is 1.73 bits per heavy atom. The normalized spacial score (nSPS) is 36.4. The van der Waals surface area contributed by atoms with Crippen LogP contribution in [0.5, 0.6) is 0 Å². The Kier molecular flexibility index (Phi) is 7.30. The van der Waals surface area contributed by atoms with Gasteiger partial charge in [0.15, 0.2) is 5.79 Å². The van der Waals surface area contributed by atoms with Crippen molar-refractivity contribution in [3.05, 3.63) is 33.9 Å². The van der Waals surface area contributed by atoms with Crippen LogP contribution in [0.2, 0.25) is 0 Å². The molecular weight excluding hydrogens is 436 g/mol. The molecule has 0 spiro atoms. The summed E-state index contributed by atoms with van der Waals surface area (Å²) in [6.45, 7) is 7.44. The first kappa shape index (κ1) is 27.1. The van der Waals surface area contributed by atoms with E-state index < -0.39 is 39.7 Å². The van der Waals surface area contributed by atoms with Gasteiger partial charge in [0.1, 0.15) is 22.4 Å². The van der Waals surface area contributed by atoms with Gasteiger partial charge in [-0.15, -0.1) is 0 Å². The number of hydrogen-bond donors (Lipinski definition) is 5. The number of nitro groups is 1. The highest BCUT2D eigenvalue weighted by Crippen LogP contribution is 2.53. The highest BCUT2D eigenvalue weighted by molar-refractivity contribution is 5.91. The molecule has 186 valence electrons. The molecular formula is C22H34N2O9. The fourth-order valence-corrected chi connectivity index (χ4v) is 4.02. The van der Waals surface area contributed by atoms with E-state index in [-0.39, 0.29) is 36.7 Å². The van der Waals surface area contributed by atoms with Gasteiger partial charge in [0.2, 0.25) is 5.91 Å². The maximum absolute atomic E-state index is 11.9. The standard InChI is InChI=1S/C22H34N2O9/c1-7-17(26)23-16-12-15(24(30)31)9-8-14(16)10-11-32-22(6)21(5,29)20(4,28)19(3,27)18(2,13-25)33-22/h8-9,12,25,27-29H,7,10-11,13H2,1-6H3,(H,23,26)/t18?,19-,20?,21-,22+/m0/s1. The molecule has 2 rings (SSSR count). The number of nitro benzene ring substituents is 1. The zero-order valence-electron chi connectivity index (χ0n) is 19.8. The van der Waals surface area contributed by atoms with Crippen molar-refractivity contribution in [3.63, 3.8) is 0 Å². The number of ether oxygens (including phenoxy) is 2. The lowest BCUT2D eigenvalue weighted by atomic mass is 9.61. The van der Waals surface area contributed by atoms with E-state index >= 15 is 0 Å². The Balaban J connectivity index is 2.32. The second-order valence-corrected chi connectivity index (χ2v) is 9.25. The van der Waals surface area contributed by atoms with Crippen molar-refractivity contribution >= 4 is 17.3 Å². The van der Waals surface area contributed by atoms with E-state index in [2.05, 4.69) is 5.32 Å². The Hall–Kier alpha value is -2.15. The first-order valence-corrected chi connectivity index (χ1v) is 10.7. The Morgan fingerprint density at radius 3 is 2.24 bits per heavy atom. The fraction of sp³-hybridized carbons (Fsp3) is 0.682. The van der Waals surface area contributed by atoms with Crippen molar-refractivity contribution < 1.29 is 39.6 Å². The van der Waals surface area contributed by atoms with Crippen LogP contribution in [0.3, 0.4) is 0 Å². The van der Waals surface area contributed by atoms with E-state index in [1.54, 1.807) is 6.92 Å². The average Bonchev–Trinajstić information content (AvgIpc) is 2.72. The predicted molar refractivity (Wildman–Crippen MR) is 119 cm³/mol. The number of carbonyl (C=O) groups is 1. The summed E-state index contributed by atoms with van der Waals surface area (Å²) in [5, 5.41) is 56.9. The molecule has 5 N–H and O–H groups in total. The lowest BCUT2D eigenvalue weighted by Gasteiger charge is -2.65. The SMILES string of the molecule is CCC(=O)Nc1cc([N+](=O)[O-])ccc1CCO[C@]1(C)OC(C)(CO)[C@](C)(O)C(C)(O)[C@]1(C)O. The number of aliphatic hydroxyl groups is 4. The number of non-ortho nitro benzene ring substituents is 1. The van der Waals surface area contributed by atoms with E-state index in [0.29, 0.717) is 5.56 Å². The second-order valence-electron chi connectivity index (χ2n) is 9.25.